The third kappa shape index (κ3) is 2.78. The van der Waals surface area contributed by atoms with Gasteiger partial charge in [0.25, 0.3) is 0 Å². The molecule has 1 saturated heterocycles. The van der Waals surface area contributed by atoms with Crippen LogP contribution in [0.2, 0.25) is 0 Å². The van der Waals surface area contributed by atoms with Crippen LogP contribution in [-0.4, -0.2) is 19.0 Å². The molecule has 0 unspecified atom stereocenters. The van der Waals surface area contributed by atoms with Crippen LogP contribution in [0.15, 0.2) is 11.6 Å². The van der Waals surface area contributed by atoms with Gasteiger partial charge in [0.1, 0.15) is 0 Å². The molecule has 126 valence electrons. The zero-order chi connectivity index (χ0) is 16.0. The molecule has 0 aromatic rings. The van der Waals surface area contributed by atoms with Crippen LogP contribution in [0.25, 0.3) is 0 Å². The highest BCUT2D eigenvalue weighted by Crippen LogP contribution is 2.58. The molecule has 0 aromatic carbocycles. The van der Waals surface area contributed by atoms with Crippen molar-refractivity contribution in [3.8, 4) is 0 Å². The van der Waals surface area contributed by atoms with Crippen LogP contribution in [0.4, 0.5) is 0 Å². The molecular weight excluding hydrogens is 272 g/mol. The maximum absolute atomic E-state index is 5.85. The summed E-state index contributed by atoms with van der Waals surface area (Å²) in [6, 6.07) is 0. The van der Waals surface area contributed by atoms with Gasteiger partial charge in [0, 0.05) is 6.42 Å². The third-order valence-corrected chi connectivity index (χ3v) is 7.10. The van der Waals surface area contributed by atoms with E-state index >= 15 is 0 Å². The predicted molar refractivity (Wildman–Crippen MR) is 90.6 cm³/mol. The zero-order valence-corrected chi connectivity index (χ0v) is 15.2. The number of allylic oxidation sites excluding steroid dienone is 2. The minimum Gasteiger partial charge on any atom is -0.348 e. The summed E-state index contributed by atoms with van der Waals surface area (Å²) in [6.45, 7) is 13.5. The fourth-order valence-electron chi connectivity index (χ4n) is 5.11. The van der Waals surface area contributed by atoms with Crippen LogP contribution in [0.3, 0.4) is 0 Å². The van der Waals surface area contributed by atoms with Crippen molar-refractivity contribution in [2.24, 2.45) is 22.7 Å². The molecule has 0 aromatic heterocycles. The lowest BCUT2D eigenvalue weighted by atomic mass is 9.52. The molecule has 2 aliphatic carbocycles. The Hall–Kier alpha value is -0.340. The van der Waals surface area contributed by atoms with Crippen LogP contribution >= 0.6 is 0 Å². The number of hydrogen-bond donors (Lipinski definition) is 0. The molecule has 3 rings (SSSR count). The summed E-state index contributed by atoms with van der Waals surface area (Å²) in [4.78, 5) is 0. The summed E-state index contributed by atoms with van der Waals surface area (Å²) in [6.07, 6.45) is 10.1. The second-order valence-electron chi connectivity index (χ2n) is 8.97. The van der Waals surface area contributed by atoms with Crippen LogP contribution in [0.1, 0.15) is 73.1 Å². The maximum Gasteiger partial charge on any atom is 0.165 e. The van der Waals surface area contributed by atoms with Crippen molar-refractivity contribution in [1.82, 2.24) is 0 Å². The second-order valence-corrected chi connectivity index (χ2v) is 8.97. The van der Waals surface area contributed by atoms with Gasteiger partial charge in [-0.2, -0.15) is 0 Å². The van der Waals surface area contributed by atoms with Crippen LogP contribution in [-0.2, 0) is 9.47 Å². The Morgan fingerprint density at radius 1 is 1.05 bits per heavy atom. The number of rotatable bonds is 3. The predicted octanol–water partition coefficient (Wildman–Crippen LogP) is 5.33. The summed E-state index contributed by atoms with van der Waals surface area (Å²) in [5, 5.41) is 0. The van der Waals surface area contributed by atoms with Crippen LogP contribution in [0.5, 0.6) is 0 Å². The van der Waals surface area contributed by atoms with Gasteiger partial charge in [-0.25, -0.2) is 0 Å². The van der Waals surface area contributed by atoms with Gasteiger partial charge in [-0.1, -0.05) is 39.3 Å². The van der Waals surface area contributed by atoms with E-state index < -0.39 is 0 Å². The maximum atomic E-state index is 5.85. The minimum atomic E-state index is -0.347. The molecule has 0 amide bonds. The fourth-order valence-corrected chi connectivity index (χ4v) is 5.11. The highest BCUT2D eigenvalue weighted by molar-refractivity contribution is 5.25. The van der Waals surface area contributed by atoms with E-state index in [1.54, 1.807) is 5.57 Å². The molecule has 2 heteroatoms. The van der Waals surface area contributed by atoms with Gasteiger partial charge in [0.05, 0.1) is 13.2 Å². The molecular formula is C20H34O2. The molecule has 0 bridgehead atoms. The normalized spacial score (nSPS) is 40.1. The van der Waals surface area contributed by atoms with Crippen LogP contribution in [0, 0.1) is 22.7 Å². The van der Waals surface area contributed by atoms with E-state index in [2.05, 4.69) is 40.7 Å². The average molecular weight is 306 g/mol. The lowest BCUT2D eigenvalue weighted by molar-refractivity contribution is -0.152. The van der Waals surface area contributed by atoms with Crippen molar-refractivity contribution >= 4 is 0 Å². The van der Waals surface area contributed by atoms with Crippen molar-refractivity contribution in [3.63, 3.8) is 0 Å². The Morgan fingerprint density at radius 3 is 2.41 bits per heavy atom. The highest BCUT2D eigenvalue weighted by Gasteiger charge is 2.48. The SMILES string of the molecule is C[C@@H]1CC[C@H]2C(=CCCC2(C)C)[C@@]1(C)CCC1(C)OCCO1. The van der Waals surface area contributed by atoms with E-state index in [0.717, 1.165) is 31.5 Å². The monoisotopic (exact) mass is 306 g/mol. The van der Waals surface area contributed by atoms with E-state index in [1.807, 2.05) is 0 Å². The summed E-state index contributed by atoms with van der Waals surface area (Å²) in [7, 11) is 0. The summed E-state index contributed by atoms with van der Waals surface area (Å²) < 4.78 is 11.7. The van der Waals surface area contributed by atoms with E-state index in [0.29, 0.717) is 10.8 Å². The molecule has 2 fully saturated rings. The Labute approximate surface area is 136 Å². The minimum absolute atomic E-state index is 0.318. The zero-order valence-electron chi connectivity index (χ0n) is 15.2. The number of hydrogen-bond acceptors (Lipinski definition) is 2. The third-order valence-electron chi connectivity index (χ3n) is 7.10. The van der Waals surface area contributed by atoms with Crippen molar-refractivity contribution in [3.05, 3.63) is 11.6 Å². The van der Waals surface area contributed by atoms with E-state index in [4.69, 9.17) is 9.47 Å². The molecule has 1 saturated carbocycles. The lowest BCUT2D eigenvalue weighted by Gasteiger charge is -2.53. The van der Waals surface area contributed by atoms with Crippen molar-refractivity contribution < 1.29 is 9.47 Å². The molecule has 22 heavy (non-hydrogen) atoms. The topological polar surface area (TPSA) is 18.5 Å². The lowest BCUT2D eigenvalue weighted by Crippen LogP contribution is -2.44. The molecule has 3 aliphatic rings. The first-order chi connectivity index (χ1) is 10.3. The van der Waals surface area contributed by atoms with Gasteiger partial charge in [0.15, 0.2) is 5.79 Å². The first kappa shape index (κ1) is 16.5. The Morgan fingerprint density at radius 2 is 1.73 bits per heavy atom. The van der Waals surface area contributed by atoms with Gasteiger partial charge in [-0.05, 0) is 61.7 Å². The van der Waals surface area contributed by atoms with Gasteiger partial charge in [-0.15, -0.1) is 0 Å². The van der Waals surface area contributed by atoms with Gasteiger partial charge in [0.2, 0.25) is 0 Å². The first-order valence-corrected chi connectivity index (χ1v) is 9.25. The summed E-state index contributed by atoms with van der Waals surface area (Å²) in [5.41, 5.74) is 2.54. The smallest absolute Gasteiger partial charge is 0.165 e. The van der Waals surface area contributed by atoms with Gasteiger partial charge >= 0.3 is 0 Å². The summed E-state index contributed by atoms with van der Waals surface area (Å²) in [5.74, 6) is 1.19. The largest absolute Gasteiger partial charge is 0.348 e. The Kier molecular flexibility index (Phi) is 4.23. The van der Waals surface area contributed by atoms with Crippen LogP contribution < -0.4 is 0 Å². The molecule has 1 aliphatic heterocycles. The molecule has 0 N–H and O–H groups in total. The molecule has 0 radical (unpaired) electrons. The molecule has 2 nitrogen and oxygen atoms in total. The van der Waals surface area contributed by atoms with Crippen molar-refractivity contribution in [2.75, 3.05) is 13.2 Å². The summed E-state index contributed by atoms with van der Waals surface area (Å²) >= 11 is 0. The molecule has 1 heterocycles. The Balaban J connectivity index is 1.81. The van der Waals surface area contributed by atoms with Gasteiger partial charge in [-0.3, -0.25) is 0 Å². The standard InChI is InChI=1S/C20H34O2/c1-15-8-9-16-17(7-6-10-18(16,2)3)19(15,4)11-12-20(5)21-13-14-22-20/h7,15-16H,6,8-14H2,1-5H3/t15-,16+,19+/m1/s1. The second kappa shape index (κ2) is 5.63. The van der Waals surface area contributed by atoms with Gasteiger partial charge < -0.3 is 9.47 Å². The van der Waals surface area contributed by atoms with E-state index in [9.17, 15) is 0 Å². The van der Waals surface area contributed by atoms with E-state index in [1.165, 1.54) is 32.1 Å². The van der Waals surface area contributed by atoms with Crippen molar-refractivity contribution in [1.29, 1.82) is 0 Å². The van der Waals surface area contributed by atoms with E-state index in [-0.39, 0.29) is 5.79 Å². The average Bonchev–Trinajstić information content (AvgIpc) is 2.88. The fraction of sp³-hybridized carbons (Fsp3) is 0.900. The first-order valence-electron chi connectivity index (χ1n) is 9.25. The number of ether oxygens (including phenoxy) is 2. The number of fused-ring (bicyclic) bond motifs is 1. The molecule has 0 spiro atoms. The Bertz CT molecular complexity index is 445. The molecule has 3 atom stereocenters. The van der Waals surface area contributed by atoms with Crippen molar-refractivity contribution in [2.45, 2.75) is 78.9 Å². The quantitative estimate of drug-likeness (QED) is 0.656. The highest BCUT2D eigenvalue weighted by atomic mass is 16.7.